The quantitative estimate of drug-likeness (QED) is 0.757. The number of carbonyl (C=O) groups is 1. The molecule has 5 heteroatoms. The summed E-state index contributed by atoms with van der Waals surface area (Å²) in [6.07, 6.45) is 4.31. The number of benzene rings is 1. The second-order valence-electron chi connectivity index (χ2n) is 5.79. The average Bonchev–Trinajstić information content (AvgIpc) is 3.25. The molecule has 116 valence electrons. The van der Waals surface area contributed by atoms with Gasteiger partial charge < -0.3 is 14.4 Å². The predicted molar refractivity (Wildman–Crippen MR) is 80.6 cm³/mol. The van der Waals surface area contributed by atoms with Gasteiger partial charge in [-0.25, -0.2) is 0 Å². The molecule has 3 rings (SSSR count). The molecule has 1 atom stereocenters. The van der Waals surface area contributed by atoms with E-state index in [1.165, 1.54) is 0 Å². The van der Waals surface area contributed by atoms with Crippen molar-refractivity contribution in [3.8, 4) is 11.8 Å². The van der Waals surface area contributed by atoms with Crippen molar-refractivity contribution >= 4 is 5.91 Å². The molecule has 0 radical (unpaired) electrons. The molecule has 1 amide bonds. The first-order chi connectivity index (χ1) is 10.8. The Bertz CT molecular complexity index is 554. The average molecular weight is 300 g/mol. The molecule has 0 N–H and O–H groups in total. The van der Waals surface area contributed by atoms with E-state index < -0.39 is 0 Å². The lowest BCUT2D eigenvalue weighted by atomic mass is 10.2. The zero-order valence-electron chi connectivity index (χ0n) is 12.5. The Hall–Kier alpha value is -2.06. The summed E-state index contributed by atoms with van der Waals surface area (Å²) in [6.45, 7) is 1.52. The Balaban J connectivity index is 1.58. The third-order valence-corrected chi connectivity index (χ3v) is 4.05. The second-order valence-corrected chi connectivity index (χ2v) is 5.79. The number of ether oxygens (including phenoxy) is 2. The van der Waals surface area contributed by atoms with Gasteiger partial charge in [0.2, 0.25) is 0 Å². The van der Waals surface area contributed by atoms with E-state index in [1.54, 1.807) is 29.2 Å². The highest BCUT2D eigenvalue weighted by atomic mass is 16.5. The molecule has 1 aliphatic carbocycles. The molecule has 0 spiro atoms. The van der Waals surface area contributed by atoms with Crippen molar-refractivity contribution in [1.29, 1.82) is 5.26 Å². The normalized spacial score (nSPS) is 20.4. The SMILES string of the molecule is N#CCN(C(=O)c1ccc(OC[C@@H]2CCCO2)cc1)C1CC1. The maximum atomic E-state index is 12.4. The van der Waals surface area contributed by atoms with Crippen molar-refractivity contribution in [2.45, 2.75) is 37.8 Å². The van der Waals surface area contributed by atoms with Gasteiger partial charge in [-0.05, 0) is 49.9 Å². The van der Waals surface area contributed by atoms with Gasteiger partial charge in [0.15, 0.2) is 0 Å². The summed E-state index contributed by atoms with van der Waals surface area (Å²) in [5.74, 6) is 0.667. The number of hydrogen-bond acceptors (Lipinski definition) is 4. The molecule has 1 heterocycles. The minimum absolute atomic E-state index is 0.0743. The highest BCUT2D eigenvalue weighted by molar-refractivity contribution is 5.94. The van der Waals surface area contributed by atoms with Crippen LogP contribution in [0.2, 0.25) is 0 Å². The van der Waals surface area contributed by atoms with Gasteiger partial charge in [-0.1, -0.05) is 0 Å². The van der Waals surface area contributed by atoms with Crippen LogP contribution in [0, 0.1) is 11.3 Å². The summed E-state index contributed by atoms with van der Waals surface area (Å²) in [6, 6.07) is 9.45. The molecule has 1 aliphatic heterocycles. The molecular formula is C17H20N2O3. The van der Waals surface area contributed by atoms with Crippen molar-refractivity contribution in [3.05, 3.63) is 29.8 Å². The fourth-order valence-electron chi connectivity index (χ4n) is 2.65. The third kappa shape index (κ3) is 3.58. The molecule has 5 nitrogen and oxygen atoms in total. The Labute approximate surface area is 130 Å². The monoisotopic (exact) mass is 300 g/mol. The number of carbonyl (C=O) groups excluding carboxylic acids is 1. The highest BCUT2D eigenvalue weighted by Crippen LogP contribution is 2.28. The molecule has 22 heavy (non-hydrogen) atoms. The number of nitriles is 1. The predicted octanol–water partition coefficient (Wildman–Crippen LogP) is 2.37. The van der Waals surface area contributed by atoms with Crippen LogP contribution in [-0.4, -0.2) is 42.7 Å². The molecule has 1 aromatic carbocycles. The van der Waals surface area contributed by atoms with Gasteiger partial charge in [-0.2, -0.15) is 5.26 Å². The van der Waals surface area contributed by atoms with Crippen LogP contribution in [-0.2, 0) is 4.74 Å². The number of rotatable bonds is 6. The van der Waals surface area contributed by atoms with Crippen molar-refractivity contribution in [1.82, 2.24) is 4.90 Å². The number of nitrogens with zero attached hydrogens (tertiary/aromatic N) is 2. The van der Waals surface area contributed by atoms with E-state index in [-0.39, 0.29) is 24.6 Å². The third-order valence-electron chi connectivity index (χ3n) is 4.05. The minimum atomic E-state index is -0.0743. The summed E-state index contributed by atoms with van der Waals surface area (Å²) in [5.41, 5.74) is 0.603. The van der Waals surface area contributed by atoms with Crippen LogP contribution in [0.1, 0.15) is 36.0 Å². The van der Waals surface area contributed by atoms with E-state index in [2.05, 4.69) is 6.07 Å². The van der Waals surface area contributed by atoms with E-state index in [1.807, 2.05) is 0 Å². The Morgan fingerprint density at radius 2 is 2.09 bits per heavy atom. The summed E-state index contributed by atoms with van der Waals surface area (Å²) in [5, 5.41) is 8.85. The van der Waals surface area contributed by atoms with Gasteiger partial charge in [0.05, 0.1) is 12.2 Å². The zero-order valence-corrected chi connectivity index (χ0v) is 12.5. The molecule has 2 fully saturated rings. The summed E-state index contributed by atoms with van der Waals surface area (Å²) < 4.78 is 11.2. The van der Waals surface area contributed by atoms with E-state index >= 15 is 0 Å². The first-order valence-electron chi connectivity index (χ1n) is 7.80. The van der Waals surface area contributed by atoms with Gasteiger partial charge in [0.1, 0.15) is 18.9 Å². The van der Waals surface area contributed by atoms with Crippen LogP contribution in [0.4, 0.5) is 0 Å². The molecule has 1 aromatic rings. The molecule has 1 saturated carbocycles. The van der Waals surface area contributed by atoms with Gasteiger partial charge in [-0.15, -0.1) is 0 Å². The Kier molecular flexibility index (Phi) is 4.59. The maximum Gasteiger partial charge on any atom is 0.254 e. The van der Waals surface area contributed by atoms with Crippen molar-refractivity contribution < 1.29 is 14.3 Å². The molecular weight excluding hydrogens is 280 g/mol. The minimum Gasteiger partial charge on any atom is -0.491 e. The van der Waals surface area contributed by atoms with Gasteiger partial charge in [0, 0.05) is 18.2 Å². The van der Waals surface area contributed by atoms with Crippen molar-refractivity contribution in [2.24, 2.45) is 0 Å². The summed E-state index contributed by atoms with van der Waals surface area (Å²) in [4.78, 5) is 14.1. The number of hydrogen-bond donors (Lipinski definition) is 0. The fourth-order valence-corrected chi connectivity index (χ4v) is 2.65. The Morgan fingerprint density at radius 3 is 2.68 bits per heavy atom. The molecule has 2 aliphatic rings. The van der Waals surface area contributed by atoms with Gasteiger partial charge in [0.25, 0.3) is 5.91 Å². The van der Waals surface area contributed by atoms with E-state index in [4.69, 9.17) is 14.7 Å². The molecule has 1 saturated heterocycles. The van der Waals surface area contributed by atoms with Crippen molar-refractivity contribution in [2.75, 3.05) is 19.8 Å². The molecule has 0 unspecified atom stereocenters. The van der Waals surface area contributed by atoms with Crippen LogP contribution < -0.4 is 4.74 Å². The summed E-state index contributed by atoms with van der Waals surface area (Å²) >= 11 is 0. The van der Waals surface area contributed by atoms with Crippen LogP contribution >= 0.6 is 0 Å². The highest BCUT2D eigenvalue weighted by Gasteiger charge is 2.32. The van der Waals surface area contributed by atoms with Crippen LogP contribution in [0.15, 0.2) is 24.3 Å². The van der Waals surface area contributed by atoms with E-state index in [0.717, 1.165) is 38.0 Å². The van der Waals surface area contributed by atoms with Crippen LogP contribution in [0.5, 0.6) is 5.75 Å². The fraction of sp³-hybridized carbons (Fsp3) is 0.529. The molecule has 0 aromatic heterocycles. The number of amides is 1. The topological polar surface area (TPSA) is 62.6 Å². The summed E-state index contributed by atoms with van der Waals surface area (Å²) in [7, 11) is 0. The standard InChI is InChI=1S/C17H20N2O3/c18-9-10-19(14-5-6-14)17(20)13-3-7-15(8-4-13)22-12-16-2-1-11-21-16/h3-4,7-8,14,16H,1-2,5-6,10-12H2/t16-/m0/s1. The van der Waals surface area contributed by atoms with Crippen LogP contribution in [0.3, 0.4) is 0 Å². The maximum absolute atomic E-state index is 12.4. The largest absolute Gasteiger partial charge is 0.491 e. The first kappa shape index (κ1) is 14.9. The van der Waals surface area contributed by atoms with Gasteiger partial charge in [-0.3, -0.25) is 4.79 Å². The zero-order chi connectivity index (χ0) is 15.4. The molecule has 0 bridgehead atoms. The first-order valence-corrected chi connectivity index (χ1v) is 7.80. The van der Waals surface area contributed by atoms with E-state index in [9.17, 15) is 4.79 Å². The van der Waals surface area contributed by atoms with Crippen molar-refractivity contribution in [3.63, 3.8) is 0 Å². The van der Waals surface area contributed by atoms with Gasteiger partial charge >= 0.3 is 0 Å². The van der Waals surface area contributed by atoms with E-state index in [0.29, 0.717) is 12.2 Å². The second kappa shape index (κ2) is 6.80. The lowest BCUT2D eigenvalue weighted by Crippen LogP contribution is -2.33. The Morgan fingerprint density at radius 1 is 1.32 bits per heavy atom. The van der Waals surface area contributed by atoms with Crippen LogP contribution in [0.25, 0.3) is 0 Å². The lowest BCUT2D eigenvalue weighted by molar-refractivity contribution is 0.0678. The lowest BCUT2D eigenvalue weighted by Gasteiger charge is -2.19. The smallest absolute Gasteiger partial charge is 0.254 e.